The Morgan fingerprint density at radius 3 is 2.50 bits per heavy atom. The third-order valence-electron chi connectivity index (χ3n) is 2.44. The summed E-state index contributed by atoms with van der Waals surface area (Å²) in [7, 11) is 0. The van der Waals surface area contributed by atoms with Crippen molar-refractivity contribution >= 4 is 17.9 Å². The van der Waals surface area contributed by atoms with E-state index in [9.17, 15) is 14.4 Å². The molecule has 8 nitrogen and oxygen atoms in total. The van der Waals surface area contributed by atoms with Crippen LogP contribution in [0.2, 0.25) is 0 Å². The largest absolute Gasteiger partial charge is 0.481 e. The second-order valence-electron chi connectivity index (χ2n) is 4.54. The first-order valence-corrected chi connectivity index (χ1v) is 6.47. The summed E-state index contributed by atoms with van der Waals surface area (Å²) in [4.78, 5) is 34.3. The van der Waals surface area contributed by atoms with Gasteiger partial charge in [0.05, 0.1) is 6.61 Å². The Morgan fingerprint density at radius 1 is 1.35 bits per heavy atom. The molecule has 0 aliphatic carbocycles. The van der Waals surface area contributed by atoms with Crippen molar-refractivity contribution in [2.75, 3.05) is 26.3 Å². The Morgan fingerprint density at radius 2 is 2.00 bits per heavy atom. The second kappa shape index (κ2) is 10.0. The van der Waals surface area contributed by atoms with Crippen molar-refractivity contribution in [1.82, 2.24) is 10.2 Å². The van der Waals surface area contributed by atoms with E-state index >= 15 is 0 Å². The molecular formula is C12H23N3O5. The van der Waals surface area contributed by atoms with Crippen LogP contribution in [0.3, 0.4) is 0 Å². The van der Waals surface area contributed by atoms with E-state index in [1.807, 2.05) is 13.8 Å². The van der Waals surface area contributed by atoms with Crippen LogP contribution >= 0.6 is 0 Å². The Balaban J connectivity index is 3.97. The number of amides is 3. The lowest BCUT2D eigenvalue weighted by atomic mass is 10.2. The van der Waals surface area contributed by atoms with Gasteiger partial charge >= 0.3 is 12.0 Å². The number of carbonyl (C=O) groups is 3. The van der Waals surface area contributed by atoms with Gasteiger partial charge in [-0.1, -0.05) is 0 Å². The number of primary amides is 1. The van der Waals surface area contributed by atoms with Crippen molar-refractivity contribution in [2.24, 2.45) is 5.73 Å². The van der Waals surface area contributed by atoms with Gasteiger partial charge in [0.2, 0.25) is 5.91 Å². The van der Waals surface area contributed by atoms with E-state index < -0.39 is 11.9 Å². The molecule has 0 radical (unpaired) electrons. The van der Waals surface area contributed by atoms with Gasteiger partial charge in [-0.15, -0.1) is 0 Å². The van der Waals surface area contributed by atoms with Gasteiger partial charge in [-0.2, -0.15) is 0 Å². The average Bonchev–Trinajstić information content (AvgIpc) is 2.32. The molecule has 0 fully saturated rings. The molecule has 0 unspecified atom stereocenters. The Kier molecular flexibility index (Phi) is 9.10. The Labute approximate surface area is 118 Å². The minimum atomic E-state index is -0.881. The van der Waals surface area contributed by atoms with Gasteiger partial charge in [0.25, 0.3) is 0 Å². The molecule has 0 rings (SSSR count). The lowest BCUT2D eigenvalue weighted by Crippen LogP contribution is -2.45. The third-order valence-corrected chi connectivity index (χ3v) is 2.44. The summed E-state index contributed by atoms with van der Waals surface area (Å²) >= 11 is 0. The van der Waals surface area contributed by atoms with Crippen molar-refractivity contribution in [3.63, 3.8) is 0 Å². The Bertz CT molecular complexity index is 333. The minimum Gasteiger partial charge on any atom is -0.481 e. The highest BCUT2D eigenvalue weighted by Crippen LogP contribution is 2.02. The van der Waals surface area contributed by atoms with Crippen molar-refractivity contribution in [3.8, 4) is 0 Å². The van der Waals surface area contributed by atoms with Gasteiger partial charge in [0.1, 0.15) is 6.61 Å². The molecule has 116 valence electrons. The van der Waals surface area contributed by atoms with Crippen molar-refractivity contribution in [1.29, 1.82) is 0 Å². The summed E-state index contributed by atoms with van der Waals surface area (Å²) in [5.74, 6) is -1.44. The molecule has 0 aromatic rings. The van der Waals surface area contributed by atoms with E-state index in [4.69, 9.17) is 15.6 Å². The monoisotopic (exact) mass is 289 g/mol. The minimum absolute atomic E-state index is 0.0260. The van der Waals surface area contributed by atoms with E-state index in [1.54, 1.807) is 4.90 Å². The summed E-state index contributed by atoms with van der Waals surface area (Å²) in [6.45, 7) is 4.35. The summed E-state index contributed by atoms with van der Waals surface area (Å²) in [5.41, 5.74) is 4.89. The van der Waals surface area contributed by atoms with E-state index in [-0.39, 0.29) is 38.3 Å². The molecule has 3 amide bonds. The molecular weight excluding hydrogens is 266 g/mol. The van der Waals surface area contributed by atoms with Gasteiger partial charge in [-0.3, -0.25) is 9.59 Å². The number of hydrogen-bond donors (Lipinski definition) is 3. The van der Waals surface area contributed by atoms with Crippen molar-refractivity contribution < 1.29 is 24.2 Å². The number of nitrogens with zero attached hydrogens (tertiary/aromatic N) is 1. The molecule has 0 heterocycles. The number of ether oxygens (including phenoxy) is 1. The van der Waals surface area contributed by atoms with Crippen LogP contribution in [0.25, 0.3) is 0 Å². The third kappa shape index (κ3) is 9.15. The van der Waals surface area contributed by atoms with Crippen LogP contribution in [-0.4, -0.2) is 60.3 Å². The number of urea groups is 1. The molecule has 0 aromatic heterocycles. The number of hydrogen-bond acceptors (Lipinski definition) is 4. The van der Waals surface area contributed by atoms with Crippen LogP contribution in [0.4, 0.5) is 4.79 Å². The summed E-state index contributed by atoms with van der Waals surface area (Å²) in [6.07, 6.45) is 0.428. The van der Waals surface area contributed by atoms with Gasteiger partial charge in [0, 0.05) is 25.6 Å². The lowest BCUT2D eigenvalue weighted by Gasteiger charge is -2.26. The maximum absolute atomic E-state index is 11.9. The molecule has 0 spiro atoms. The van der Waals surface area contributed by atoms with Crippen molar-refractivity contribution in [3.05, 3.63) is 0 Å². The smallest absolute Gasteiger partial charge is 0.317 e. The summed E-state index contributed by atoms with van der Waals surface area (Å²) in [5, 5.41) is 11.2. The molecule has 20 heavy (non-hydrogen) atoms. The molecule has 0 saturated carbocycles. The fraction of sp³-hybridized carbons (Fsp3) is 0.750. The molecule has 0 bridgehead atoms. The molecule has 4 N–H and O–H groups in total. The number of nitrogens with two attached hydrogens (primary N) is 1. The standard InChI is InChI=1S/C12H23N3O5/c1-9(2)15(6-3-4-11(17)18)12(19)14-5-7-20-8-10(13)16/h9H,3-8H2,1-2H3,(H2,13,16)(H,14,19)(H,17,18). The van der Waals surface area contributed by atoms with Crippen molar-refractivity contribution in [2.45, 2.75) is 32.7 Å². The van der Waals surface area contributed by atoms with E-state index in [0.717, 1.165) is 0 Å². The molecule has 0 aromatic carbocycles. The fourth-order valence-electron chi connectivity index (χ4n) is 1.50. The van der Waals surface area contributed by atoms with E-state index in [1.165, 1.54) is 0 Å². The zero-order valence-electron chi connectivity index (χ0n) is 11.9. The van der Waals surface area contributed by atoms with E-state index in [2.05, 4.69) is 5.32 Å². The summed E-state index contributed by atoms with van der Waals surface area (Å²) < 4.78 is 4.91. The molecule has 8 heteroatoms. The predicted octanol–water partition coefficient (Wildman–Crippen LogP) is -0.227. The number of carboxylic acid groups (broad SMARTS) is 1. The lowest BCUT2D eigenvalue weighted by molar-refractivity contribution is -0.137. The number of nitrogens with one attached hydrogen (secondary N) is 1. The predicted molar refractivity (Wildman–Crippen MR) is 72.1 cm³/mol. The normalized spacial score (nSPS) is 10.3. The zero-order valence-corrected chi connectivity index (χ0v) is 11.9. The average molecular weight is 289 g/mol. The van der Waals surface area contributed by atoms with E-state index in [0.29, 0.717) is 13.0 Å². The van der Waals surface area contributed by atoms with Crippen LogP contribution < -0.4 is 11.1 Å². The van der Waals surface area contributed by atoms with Gasteiger partial charge in [-0.05, 0) is 20.3 Å². The molecule has 0 atom stereocenters. The Hall–Kier alpha value is -1.83. The van der Waals surface area contributed by atoms with Gasteiger partial charge in [-0.25, -0.2) is 4.79 Å². The molecule has 0 saturated heterocycles. The van der Waals surface area contributed by atoms with Crippen LogP contribution in [0, 0.1) is 0 Å². The first-order chi connectivity index (χ1) is 9.34. The number of aliphatic carboxylic acids is 1. The quantitative estimate of drug-likeness (QED) is 0.480. The molecule has 0 aliphatic rings. The number of carbonyl (C=O) groups excluding carboxylic acids is 2. The SMILES string of the molecule is CC(C)N(CCCC(=O)O)C(=O)NCCOCC(N)=O. The maximum atomic E-state index is 11.9. The summed E-state index contributed by atoms with van der Waals surface area (Å²) in [6, 6.07) is -0.316. The van der Waals surface area contributed by atoms with Crippen LogP contribution in [0.5, 0.6) is 0 Å². The van der Waals surface area contributed by atoms with Crippen LogP contribution in [0.15, 0.2) is 0 Å². The number of carboxylic acids is 1. The first-order valence-electron chi connectivity index (χ1n) is 6.47. The van der Waals surface area contributed by atoms with Crippen LogP contribution in [-0.2, 0) is 14.3 Å². The van der Waals surface area contributed by atoms with Gasteiger partial charge < -0.3 is 25.8 Å². The molecule has 0 aliphatic heterocycles. The van der Waals surface area contributed by atoms with Gasteiger partial charge in [0.15, 0.2) is 0 Å². The fourth-order valence-corrected chi connectivity index (χ4v) is 1.50. The topological polar surface area (TPSA) is 122 Å². The highest BCUT2D eigenvalue weighted by Gasteiger charge is 2.16. The highest BCUT2D eigenvalue weighted by molar-refractivity contribution is 5.75. The maximum Gasteiger partial charge on any atom is 0.317 e. The first kappa shape index (κ1) is 18.2. The van der Waals surface area contributed by atoms with Crippen LogP contribution in [0.1, 0.15) is 26.7 Å². The second-order valence-corrected chi connectivity index (χ2v) is 4.54. The number of rotatable bonds is 10. The zero-order chi connectivity index (χ0) is 15.5. The highest BCUT2D eigenvalue weighted by atomic mass is 16.5.